The molecule has 0 aliphatic heterocycles. The summed E-state index contributed by atoms with van der Waals surface area (Å²) in [4.78, 5) is 14.1. The minimum Gasteiger partial charge on any atom is -0.481 e. The third-order valence-electron chi connectivity index (χ3n) is 2.94. The van der Waals surface area contributed by atoms with E-state index in [1.807, 2.05) is 0 Å². The summed E-state index contributed by atoms with van der Waals surface area (Å²) >= 11 is 0. The molecule has 1 aromatic carbocycles. The molecule has 0 saturated heterocycles. The van der Waals surface area contributed by atoms with E-state index >= 15 is 0 Å². The van der Waals surface area contributed by atoms with Crippen LogP contribution in [0.15, 0.2) is 24.5 Å². The second-order valence-corrected chi connectivity index (χ2v) is 4.77. The number of aryl methyl sites for hydroxylation is 1. The second-order valence-electron chi connectivity index (χ2n) is 4.77. The van der Waals surface area contributed by atoms with Gasteiger partial charge in [0.2, 0.25) is 0 Å². The molecule has 0 fully saturated rings. The number of carboxylic acid groups (broad SMARTS) is 1. The van der Waals surface area contributed by atoms with Crippen molar-refractivity contribution in [2.45, 2.75) is 25.3 Å². The van der Waals surface area contributed by atoms with Gasteiger partial charge in [0.1, 0.15) is 6.33 Å². The van der Waals surface area contributed by atoms with Gasteiger partial charge in [-0.2, -0.15) is 31.4 Å². The lowest BCUT2D eigenvalue weighted by molar-refractivity contribution is -0.143. The molecule has 0 aliphatic rings. The summed E-state index contributed by atoms with van der Waals surface area (Å²) < 4.78 is 77.8. The average molecular weight is 353 g/mol. The first-order valence-electron chi connectivity index (χ1n) is 6.38. The highest BCUT2D eigenvalue weighted by Gasteiger charge is 2.37. The summed E-state index contributed by atoms with van der Waals surface area (Å²) in [5.41, 5.74) is -3.42. The molecular formula is C13H9F6N3O2. The molecule has 0 aliphatic carbocycles. The highest BCUT2D eigenvalue weighted by molar-refractivity contribution is 5.66. The number of rotatable bonds is 4. The Bertz CT molecular complexity index is 719. The second kappa shape index (κ2) is 6.13. The predicted octanol–water partition coefficient (Wildman–Crippen LogP) is 3.46. The van der Waals surface area contributed by atoms with E-state index in [0.717, 1.165) is 11.0 Å². The van der Waals surface area contributed by atoms with Gasteiger partial charge in [0, 0.05) is 5.56 Å². The SMILES string of the molecule is O=C(O)CCn1cnc(-c2cc(C(F)(F)F)cc(C(F)(F)F)c2)n1. The zero-order chi connectivity index (χ0) is 18.1. The minimum absolute atomic E-state index is 0.00488. The molecule has 130 valence electrons. The molecule has 24 heavy (non-hydrogen) atoms. The summed E-state index contributed by atoms with van der Waals surface area (Å²) in [5.74, 6) is -1.50. The van der Waals surface area contributed by atoms with Crippen molar-refractivity contribution in [3.63, 3.8) is 0 Å². The fourth-order valence-corrected chi connectivity index (χ4v) is 1.83. The quantitative estimate of drug-likeness (QED) is 0.855. The summed E-state index contributed by atoms with van der Waals surface area (Å²) in [6.07, 6.45) is -9.23. The van der Waals surface area contributed by atoms with Crippen molar-refractivity contribution in [1.82, 2.24) is 14.8 Å². The van der Waals surface area contributed by atoms with Gasteiger partial charge in [0.15, 0.2) is 5.82 Å². The van der Waals surface area contributed by atoms with E-state index in [4.69, 9.17) is 5.11 Å². The number of aromatic nitrogens is 3. The zero-order valence-corrected chi connectivity index (χ0v) is 11.7. The first kappa shape index (κ1) is 17.8. The van der Waals surface area contributed by atoms with Crippen LogP contribution in [0.1, 0.15) is 17.5 Å². The van der Waals surface area contributed by atoms with E-state index in [1.54, 1.807) is 0 Å². The van der Waals surface area contributed by atoms with E-state index < -0.39 is 35.0 Å². The molecule has 0 unspecified atom stereocenters. The Morgan fingerprint density at radius 1 is 1.04 bits per heavy atom. The van der Waals surface area contributed by atoms with Gasteiger partial charge in [0.25, 0.3) is 0 Å². The summed E-state index contributed by atoms with van der Waals surface area (Å²) in [5, 5.41) is 12.2. The van der Waals surface area contributed by atoms with Crippen LogP contribution in [0.5, 0.6) is 0 Å². The Labute approximate surface area is 130 Å². The number of carbonyl (C=O) groups is 1. The largest absolute Gasteiger partial charge is 0.481 e. The number of benzene rings is 1. The molecule has 0 saturated carbocycles. The first-order valence-corrected chi connectivity index (χ1v) is 6.38. The fraction of sp³-hybridized carbons (Fsp3) is 0.308. The van der Waals surface area contributed by atoms with Crippen LogP contribution in [0.3, 0.4) is 0 Å². The monoisotopic (exact) mass is 353 g/mol. The third kappa shape index (κ3) is 4.24. The van der Waals surface area contributed by atoms with Crippen molar-refractivity contribution < 1.29 is 36.2 Å². The van der Waals surface area contributed by atoms with E-state index in [2.05, 4.69) is 10.1 Å². The maximum Gasteiger partial charge on any atom is 0.416 e. The van der Waals surface area contributed by atoms with Gasteiger partial charge in [-0.1, -0.05) is 0 Å². The minimum atomic E-state index is -4.97. The Morgan fingerprint density at radius 2 is 1.58 bits per heavy atom. The highest BCUT2D eigenvalue weighted by Crippen LogP contribution is 2.37. The van der Waals surface area contributed by atoms with Crippen LogP contribution in [0, 0.1) is 0 Å². The van der Waals surface area contributed by atoms with E-state index in [1.165, 1.54) is 0 Å². The van der Waals surface area contributed by atoms with Crippen LogP contribution in [-0.4, -0.2) is 25.8 Å². The lowest BCUT2D eigenvalue weighted by Crippen LogP contribution is -2.11. The van der Waals surface area contributed by atoms with Gasteiger partial charge in [-0.25, -0.2) is 4.98 Å². The van der Waals surface area contributed by atoms with Gasteiger partial charge in [-0.05, 0) is 18.2 Å². The number of alkyl halides is 6. The van der Waals surface area contributed by atoms with Crippen molar-refractivity contribution in [3.05, 3.63) is 35.7 Å². The normalized spacial score (nSPS) is 12.4. The number of hydrogen-bond donors (Lipinski definition) is 1. The van der Waals surface area contributed by atoms with Crippen LogP contribution in [-0.2, 0) is 23.7 Å². The number of aliphatic carboxylic acids is 1. The van der Waals surface area contributed by atoms with Crippen molar-refractivity contribution >= 4 is 5.97 Å². The topological polar surface area (TPSA) is 68.0 Å². The molecule has 0 spiro atoms. The van der Waals surface area contributed by atoms with Crippen LogP contribution in [0.25, 0.3) is 11.4 Å². The molecule has 0 atom stereocenters. The van der Waals surface area contributed by atoms with Gasteiger partial charge >= 0.3 is 18.3 Å². The van der Waals surface area contributed by atoms with Gasteiger partial charge < -0.3 is 5.11 Å². The lowest BCUT2D eigenvalue weighted by atomic mass is 10.0. The van der Waals surface area contributed by atoms with Crippen LogP contribution in [0.2, 0.25) is 0 Å². The predicted molar refractivity (Wildman–Crippen MR) is 67.7 cm³/mol. The Morgan fingerprint density at radius 3 is 2.04 bits per heavy atom. The van der Waals surface area contributed by atoms with Gasteiger partial charge in [-0.15, -0.1) is 0 Å². The Balaban J connectivity index is 2.44. The Hall–Kier alpha value is -2.59. The molecule has 5 nitrogen and oxygen atoms in total. The number of nitrogens with zero attached hydrogens (tertiary/aromatic N) is 3. The van der Waals surface area contributed by atoms with Crippen molar-refractivity contribution in [2.24, 2.45) is 0 Å². The van der Waals surface area contributed by atoms with Gasteiger partial charge in [-0.3, -0.25) is 9.48 Å². The zero-order valence-electron chi connectivity index (χ0n) is 11.7. The van der Waals surface area contributed by atoms with Gasteiger partial charge in [0.05, 0.1) is 24.1 Å². The lowest BCUT2D eigenvalue weighted by Gasteiger charge is -2.13. The van der Waals surface area contributed by atoms with E-state index in [9.17, 15) is 31.1 Å². The molecule has 0 radical (unpaired) electrons. The average Bonchev–Trinajstić information content (AvgIpc) is 2.91. The molecule has 1 N–H and O–H groups in total. The molecule has 1 heterocycles. The smallest absolute Gasteiger partial charge is 0.416 e. The van der Waals surface area contributed by atoms with Crippen molar-refractivity contribution in [2.75, 3.05) is 0 Å². The number of halogens is 6. The van der Waals surface area contributed by atoms with E-state index in [-0.39, 0.29) is 24.9 Å². The molecule has 2 aromatic rings. The molecule has 11 heteroatoms. The summed E-state index contributed by atoms with van der Waals surface area (Å²) in [6, 6.07) is 1.02. The van der Waals surface area contributed by atoms with Crippen molar-refractivity contribution in [3.8, 4) is 11.4 Å². The Kier molecular flexibility index (Phi) is 4.54. The molecule has 1 aromatic heterocycles. The van der Waals surface area contributed by atoms with E-state index in [0.29, 0.717) is 12.1 Å². The third-order valence-corrected chi connectivity index (χ3v) is 2.94. The molecule has 2 rings (SSSR count). The number of carboxylic acids is 1. The molecule has 0 amide bonds. The molecule has 0 bridgehead atoms. The standard InChI is InChI=1S/C13H9F6N3O2/c14-12(15,16)8-3-7(4-9(5-8)13(17,18)19)11-20-6-22(21-11)2-1-10(23)24/h3-6H,1-2H2,(H,23,24). The fourth-order valence-electron chi connectivity index (χ4n) is 1.83. The van der Waals surface area contributed by atoms with Crippen LogP contribution >= 0.6 is 0 Å². The summed E-state index contributed by atoms with van der Waals surface area (Å²) in [6.45, 7) is -0.118. The number of hydrogen-bond acceptors (Lipinski definition) is 3. The maximum atomic E-state index is 12.8. The van der Waals surface area contributed by atoms with Crippen molar-refractivity contribution in [1.29, 1.82) is 0 Å². The van der Waals surface area contributed by atoms with Crippen LogP contribution < -0.4 is 0 Å². The van der Waals surface area contributed by atoms with Crippen LogP contribution in [0.4, 0.5) is 26.3 Å². The summed E-state index contributed by atoms with van der Waals surface area (Å²) in [7, 11) is 0. The highest BCUT2D eigenvalue weighted by atomic mass is 19.4. The molecular weight excluding hydrogens is 344 g/mol. The maximum absolute atomic E-state index is 12.8. The first-order chi connectivity index (χ1) is 11.0.